The molecule has 0 fully saturated rings. The molecule has 160 valence electrons. The van der Waals surface area contributed by atoms with Crippen LogP contribution in [-0.4, -0.2) is 25.9 Å². The van der Waals surface area contributed by atoms with E-state index in [-0.39, 0.29) is 12.1 Å². The van der Waals surface area contributed by atoms with E-state index in [4.69, 9.17) is 0 Å². The molecule has 0 atom stereocenters. The highest BCUT2D eigenvalue weighted by Gasteiger charge is 2.34. The quantitative estimate of drug-likeness (QED) is 0.526. The van der Waals surface area contributed by atoms with Crippen molar-refractivity contribution in [1.29, 1.82) is 0 Å². The van der Waals surface area contributed by atoms with E-state index in [0.29, 0.717) is 24.3 Å². The molecule has 0 saturated carbocycles. The fourth-order valence-corrected chi connectivity index (χ4v) is 3.90. The molecule has 0 bridgehead atoms. The molecule has 0 unspecified atom stereocenters. The summed E-state index contributed by atoms with van der Waals surface area (Å²) in [6.45, 7) is 0. The Labute approximate surface area is 160 Å². The lowest BCUT2D eigenvalue weighted by molar-refractivity contribution is -0.138. The van der Waals surface area contributed by atoms with Gasteiger partial charge in [0.05, 0.1) is 20.9 Å². The average molecular weight is 464 g/mol. The second kappa shape index (κ2) is 7.27. The first-order chi connectivity index (χ1) is 12.9. The van der Waals surface area contributed by atoms with Crippen LogP contribution in [-0.2, 0) is 39.0 Å². The van der Waals surface area contributed by atoms with Gasteiger partial charge in [-0.25, -0.2) is 0 Å². The Morgan fingerprint density at radius 2 is 0.966 bits per heavy atom. The van der Waals surface area contributed by atoms with Crippen molar-refractivity contribution < 1.29 is 52.3 Å². The average Bonchev–Trinajstić information content (AvgIpc) is 2.51. The van der Waals surface area contributed by atoms with Crippen molar-refractivity contribution in [3.8, 4) is 0 Å². The number of hydrogen-bond acceptors (Lipinski definition) is 4. The summed E-state index contributed by atoms with van der Waals surface area (Å²) in [5.41, 5.74) is -4.43. The van der Waals surface area contributed by atoms with Crippen LogP contribution in [0.4, 0.5) is 26.3 Å². The molecule has 0 aliphatic carbocycles. The van der Waals surface area contributed by atoms with Crippen molar-refractivity contribution in [1.82, 2.24) is 0 Å². The number of alkyl halides is 6. The van der Waals surface area contributed by atoms with E-state index >= 15 is 0 Å². The van der Waals surface area contributed by atoms with E-state index in [2.05, 4.69) is 0 Å². The van der Waals surface area contributed by atoms with E-state index < -0.39 is 71.1 Å². The van der Waals surface area contributed by atoms with Crippen molar-refractivity contribution in [2.45, 2.75) is 28.6 Å². The Morgan fingerprint density at radius 3 is 1.21 bits per heavy atom. The van der Waals surface area contributed by atoms with Crippen LogP contribution in [0.25, 0.3) is 0 Å². The predicted molar refractivity (Wildman–Crippen MR) is 85.3 cm³/mol. The molecular weight excluding hydrogens is 454 g/mol. The third-order valence-corrected chi connectivity index (χ3v) is 5.62. The molecule has 0 spiro atoms. The minimum atomic E-state index is -5.10. The summed E-state index contributed by atoms with van der Waals surface area (Å²) in [7, 11) is -10.2. The Kier molecular flexibility index (Phi) is 5.79. The molecule has 0 radical (unpaired) electrons. The highest BCUT2D eigenvalue weighted by Crippen LogP contribution is 2.35. The Hall–Kier alpha value is -2.16. The molecule has 2 rings (SSSR count). The van der Waals surface area contributed by atoms with Crippen molar-refractivity contribution in [2.75, 3.05) is 0 Å². The van der Waals surface area contributed by atoms with E-state index in [9.17, 15) is 52.3 Å². The van der Waals surface area contributed by atoms with Crippen LogP contribution >= 0.6 is 0 Å². The largest absolute Gasteiger partial charge is 0.416 e. The first kappa shape index (κ1) is 23.1. The van der Waals surface area contributed by atoms with Gasteiger partial charge in [-0.2, -0.15) is 43.2 Å². The zero-order chi connectivity index (χ0) is 22.4. The lowest BCUT2D eigenvalue weighted by Gasteiger charge is -2.15. The summed E-state index contributed by atoms with van der Waals surface area (Å²) in [6, 6.07) is 1.90. The second-order valence-electron chi connectivity index (χ2n) is 5.77. The molecule has 6 nitrogen and oxygen atoms in total. The fourth-order valence-electron chi connectivity index (χ4n) is 2.50. The lowest BCUT2D eigenvalue weighted by atomic mass is 10.0. The summed E-state index contributed by atoms with van der Waals surface area (Å²) in [5, 5.41) is 0. The molecule has 0 amide bonds. The van der Waals surface area contributed by atoms with Gasteiger partial charge in [-0.15, -0.1) is 0 Å². The minimum Gasteiger partial charge on any atom is -0.282 e. The third-order valence-electron chi connectivity index (χ3n) is 3.71. The van der Waals surface area contributed by atoms with Crippen LogP contribution in [0.2, 0.25) is 0 Å². The molecule has 29 heavy (non-hydrogen) atoms. The maximum absolute atomic E-state index is 12.9. The van der Waals surface area contributed by atoms with Gasteiger partial charge >= 0.3 is 12.4 Å². The zero-order valence-electron chi connectivity index (χ0n) is 13.8. The minimum absolute atomic E-state index is 0.247. The topological polar surface area (TPSA) is 109 Å². The summed E-state index contributed by atoms with van der Waals surface area (Å²) >= 11 is 0. The first-order valence-electron chi connectivity index (χ1n) is 7.26. The van der Waals surface area contributed by atoms with Gasteiger partial charge in [0.2, 0.25) is 0 Å². The fraction of sp³-hybridized carbons (Fsp3) is 0.200. The van der Waals surface area contributed by atoms with Crippen molar-refractivity contribution >= 4 is 20.2 Å². The SMILES string of the molecule is O=S(=O)(O)c1ccc(C(F)(F)F)cc1Cc1cc(C(F)(F)F)ccc1S(=O)(=O)O. The monoisotopic (exact) mass is 464 g/mol. The molecule has 2 aromatic rings. The van der Waals surface area contributed by atoms with Gasteiger partial charge in [-0.1, -0.05) is 0 Å². The van der Waals surface area contributed by atoms with Crippen molar-refractivity contribution in [2.24, 2.45) is 0 Å². The van der Waals surface area contributed by atoms with E-state index in [1.54, 1.807) is 0 Å². The first-order valence-corrected chi connectivity index (χ1v) is 10.1. The van der Waals surface area contributed by atoms with Crippen molar-refractivity contribution in [3.05, 3.63) is 58.7 Å². The molecule has 14 heteroatoms. The van der Waals surface area contributed by atoms with Crippen LogP contribution in [0, 0.1) is 0 Å². The van der Waals surface area contributed by atoms with Crippen molar-refractivity contribution in [3.63, 3.8) is 0 Å². The summed E-state index contributed by atoms with van der Waals surface area (Å²) < 4.78 is 142. The molecule has 0 saturated heterocycles. The van der Waals surface area contributed by atoms with Crippen LogP contribution in [0.15, 0.2) is 46.2 Å². The Balaban J connectivity index is 2.78. The molecule has 2 aromatic carbocycles. The highest BCUT2D eigenvalue weighted by molar-refractivity contribution is 7.86. The Bertz CT molecular complexity index is 1060. The normalized spacial score (nSPS) is 13.5. The third kappa shape index (κ3) is 5.46. The highest BCUT2D eigenvalue weighted by atomic mass is 32.2. The van der Waals surface area contributed by atoms with Crippen LogP contribution in [0.3, 0.4) is 0 Å². The predicted octanol–water partition coefficient (Wildman–Crippen LogP) is 3.81. The maximum atomic E-state index is 12.9. The second-order valence-corrected chi connectivity index (χ2v) is 8.55. The maximum Gasteiger partial charge on any atom is 0.416 e. The lowest BCUT2D eigenvalue weighted by Crippen LogP contribution is -2.12. The molecule has 2 N–H and O–H groups in total. The summed E-state index contributed by atoms with van der Waals surface area (Å²) in [5.74, 6) is 0. The van der Waals surface area contributed by atoms with Gasteiger partial charge in [0.1, 0.15) is 0 Å². The number of hydrogen-bond donors (Lipinski definition) is 2. The zero-order valence-corrected chi connectivity index (χ0v) is 15.4. The van der Waals surface area contributed by atoms with E-state index in [1.807, 2.05) is 0 Å². The molecular formula is C15H10F6O6S2. The van der Waals surface area contributed by atoms with Gasteiger partial charge in [0, 0.05) is 6.42 Å². The Morgan fingerprint density at radius 1 is 0.655 bits per heavy atom. The van der Waals surface area contributed by atoms with Gasteiger partial charge in [0.15, 0.2) is 0 Å². The molecule has 0 aliphatic rings. The summed E-state index contributed by atoms with van der Waals surface area (Å²) in [4.78, 5) is -2.13. The van der Waals surface area contributed by atoms with Gasteiger partial charge in [-0.05, 0) is 47.5 Å². The smallest absolute Gasteiger partial charge is 0.282 e. The van der Waals surface area contributed by atoms with Gasteiger partial charge < -0.3 is 0 Å². The van der Waals surface area contributed by atoms with Gasteiger partial charge in [-0.3, -0.25) is 9.11 Å². The van der Waals surface area contributed by atoms with Gasteiger partial charge in [0.25, 0.3) is 20.2 Å². The number of benzene rings is 2. The van der Waals surface area contributed by atoms with Crippen LogP contribution < -0.4 is 0 Å². The van der Waals surface area contributed by atoms with Crippen LogP contribution in [0.1, 0.15) is 22.3 Å². The van der Waals surface area contributed by atoms with E-state index in [0.717, 1.165) is 0 Å². The van der Waals surface area contributed by atoms with Crippen LogP contribution in [0.5, 0.6) is 0 Å². The summed E-state index contributed by atoms with van der Waals surface area (Å²) in [6.07, 6.45) is -11.0. The number of halogens is 6. The standard InChI is InChI=1S/C15H10F6O6S2/c16-14(17,18)10-1-3-12(28(22,23)24)8(6-10)5-9-7-11(15(19,20)21)2-4-13(9)29(25,26)27/h1-4,6-7H,5H2,(H,22,23,24)(H,25,26,27). The number of rotatable bonds is 4. The molecule has 0 aliphatic heterocycles. The molecule has 0 heterocycles. The van der Waals surface area contributed by atoms with E-state index in [1.165, 1.54) is 0 Å². The molecule has 0 aromatic heterocycles.